The maximum Gasteiger partial charge on any atom is 0.418 e. The number of hydrogen-bond donors (Lipinski definition) is 1. The minimum atomic E-state index is -4.59. The standard InChI is InChI=1S/C21H18F3N3O2S/c1-13-9-14(2)11-15(10-13)27-8-7-25-19(20(27)29)30-12-18(28)26-17-6-4-3-5-16(17)21(22,23)24/h3-11H,12H2,1-2H3,(H,26,28). The Balaban J connectivity index is 1.76. The summed E-state index contributed by atoms with van der Waals surface area (Å²) >= 11 is 0.867. The summed E-state index contributed by atoms with van der Waals surface area (Å²) in [5, 5.41) is 2.33. The highest BCUT2D eigenvalue weighted by molar-refractivity contribution is 7.99. The zero-order valence-corrected chi connectivity index (χ0v) is 17.0. The highest BCUT2D eigenvalue weighted by Gasteiger charge is 2.33. The van der Waals surface area contributed by atoms with E-state index in [0.29, 0.717) is 5.69 Å². The molecular weight excluding hydrogens is 415 g/mol. The van der Waals surface area contributed by atoms with Crippen LogP contribution in [-0.2, 0) is 11.0 Å². The van der Waals surface area contributed by atoms with E-state index in [1.807, 2.05) is 32.0 Å². The average molecular weight is 433 g/mol. The lowest BCUT2D eigenvalue weighted by molar-refractivity contribution is -0.137. The van der Waals surface area contributed by atoms with Crippen molar-refractivity contribution in [2.75, 3.05) is 11.1 Å². The molecule has 0 atom stereocenters. The molecule has 1 aromatic heterocycles. The third kappa shape index (κ3) is 5.10. The molecule has 9 heteroatoms. The number of anilines is 1. The Kier molecular flexibility index (Phi) is 6.31. The number of thioether (sulfide) groups is 1. The van der Waals surface area contributed by atoms with Gasteiger partial charge in [0.25, 0.3) is 5.56 Å². The van der Waals surface area contributed by atoms with Crippen molar-refractivity contribution in [3.05, 3.63) is 81.9 Å². The minimum Gasteiger partial charge on any atom is -0.325 e. The van der Waals surface area contributed by atoms with Gasteiger partial charge in [0.15, 0.2) is 5.03 Å². The van der Waals surface area contributed by atoms with E-state index in [4.69, 9.17) is 0 Å². The molecule has 3 rings (SSSR count). The fourth-order valence-corrected chi connectivity index (χ4v) is 3.64. The molecule has 0 saturated carbocycles. The molecule has 0 radical (unpaired) electrons. The zero-order valence-electron chi connectivity index (χ0n) is 16.2. The first kappa shape index (κ1) is 21.6. The fraction of sp³-hybridized carbons (Fsp3) is 0.190. The molecule has 3 aromatic rings. The second-order valence-corrected chi connectivity index (χ2v) is 7.60. The molecule has 0 fully saturated rings. The molecule has 30 heavy (non-hydrogen) atoms. The molecule has 1 heterocycles. The molecule has 0 bridgehead atoms. The van der Waals surface area contributed by atoms with Gasteiger partial charge in [0.2, 0.25) is 5.91 Å². The molecule has 156 valence electrons. The van der Waals surface area contributed by atoms with Crippen molar-refractivity contribution >= 4 is 23.4 Å². The van der Waals surface area contributed by atoms with Crippen LogP contribution in [0, 0.1) is 13.8 Å². The Hall–Kier alpha value is -3.07. The van der Waals surface area contributed by atoms with Crippen LogP contribution in [0.3, 0.4) is 0 Å². The van der Waals surface area contributed by atoms with E-state index in [9.17, 15) is 22.8 Å². The van der Waals surface area contributed by atoms with Gasteiger partial charge in [-0.1, -0.05) is 30.0 Å². The summed E-state index contributed by atoms with van der Waals surface area (Å²) in [6.45, 7) is 3.84. The van der Waals surface area contributed by atoms with Crippen LogP contribution >= 0.6 is 11.8 Å². The number of aryl methyl sites for hydroxylation is 2. The monoisotopic (exact) mass is 433 g/mol. The van der Waals surface area contributed by atoms with Gasteiger partial charge < -0.3 is 5.32 Å². The number of rotatable bonds is 5. The van der Waals surface area contributed by atoms with E-state index in [2.05, 4.69) is 10.3 Å². The summed E-state index contributed by atoms with van der Waals surface area (Å²) in [6.07, 6.45) is -1.61. The predicted molar refractivity (Wildman–Crippen MR) is 110 cm³/mol. The van der Waals surface area contributed by atoms with E-state index in [1.54, 1.807) is 0 Å². The number of hydrogen-bond acceptors (Lipinski definition) is 4. The maximum absolute atomic E-state index is 13.1. The number of carbonyl (C=O) groups is 1. The zero-order chi connectivity index (χ0) is 21.9. The Morgan fingerprint density at radius 1 is 1.13 bits per heavy atom. The number of nitrogens with one attached hydrogen (secondary N) is 1. The second kappa shape index (κ2) is 8.74. The molecule has 1 N–H and O–H groups in total. The van der Waals surface area contributed by atoms with Crippen molar-refractivity contribution in [3.8, 4) is 5.69 Å². The number of nitrogens with zero attached hydrogens (tertiary/aromatic N) is 2. The highest BCUT2D eigenvalue weighted by Crippen LogP contribution is 2.34. The summed E-state index contributed by atoms with van der Waals surface area (Å²) in [5.41, 5.74) is 0.986. The quantitative estimate of drug-likeness (QED) is 0.598. The molecule has 2 aromatic carbocycles. The Morgan fingerprint density at radius 2 is 1.80 bits per heavy atom. The van der Waals surface area contributed by atoms with Gasteiger partial charge in [-0.15, -0.1) is 0 Å². The van der Waals surface area contributed by atoms with E-state index >= 15 is 0 Å². The van der Waals surface area contributed by atoms with Crippen molar-refractivity contribution in [2.45, 2.75) is 25.0 Å². The van der Waals surface area contributed by atoms with E-state index < -0.39 is 23.2 Å². The van der Waals surface area contributed by atoms with Crippen molar-refractivity contribution in [2.24, 2.45) is 0 Å². The second-order valence-electron chi connectivity index (χ2n) is 6.63. The average Bonchev–Trinajstić information content (AvgIpc) is 2.66. The van der Waals surface area contributed by atoms with Gasteiger partial charge in [0, 0.05) is 18.1 Å². The topological polar surface area (TPSA) is 64.0 Å². The number of alkyl halides is 3. The van der Waals surface area contributed by atoms with Crippen LogP contribution in [0.5, 0.6) is 0 Å². The molecular formula is C21H18F3N3O2S. The van der Waals surface area contributed by atoms with Gasteiger partial charge in [0.05, 0.1) is 17.0 Å². The molecule has 0 unspecified atom stereocenters. The normalized spacial score (nSPS) is 11.4. The van der Waals surface area contributed by atoms with Gasteiger partial charge in [0.1, 0.15) is 0 Å². The third-order valence-electron chi connectivity index (χ3n) is 4.14. The first-order chi connectivity index (χ1) is 14.1. The Labute approximate surface area is 175 Å². The van der Waals surface area contributed by atoms with Gasteiger partial charge in [-0.05, 0) is 49.2 Å². The van der Waals surface area contributed by atoms with Gasteiger partial charge in [-0.2, -0.15) is 13.2 Å². The van der Waals surface area contributed by atoms with Crippen LogP contribution in [0.15, 0.2) is 64.7 Å². The molecule has 0 aliphatic rings. The van der Waals surface area contributed by atoms with Crippen molar-refractivity contribution < 1.29 is 18.0 Å². The van der Waals surface area contributed by atoms with Crippen LogP contribution in [0.25, 0.3) is 5.69 Å². The lowest BCUT2D eigenvalue weighted by Crippen LogP contribution is -2.22. The van der Waals surface area contributed by atoms with Crippen LogP contribution in [-0.4, -0.2) is 21.2 Å². The van der Waals surface area contributed by atoms with Crippen molar-refractivity contribution in [3.63, 3.8) is 0 Å². The summed E-state index contributed by atoms with van der Waals surface area (Å²) in [7, 11) is 0. The summed E-state index contributed by atoms with van der Waals surface area (Å²) in [6, 6.07) is 10.4. The minimum absolute atomic E-state index is 0.0796. The molecule has 1 amide bonds. The molecule has 0 aliphatic carbocycles. The molecule has 0 spiro atoms. The van der Waals surface area contributed by atoms with Crippen molar-refractivity contribution in [1.29, 1.82) is 0 Å². The number of halogens is 3. The number of benzene rings is 2. The number of amides is 1. The van der Waals surface area contributed by atoms with Crippen LogP contribution in [0.1, 0.15) is 16.7 Å². The summed E-state index contributed by atoms with van der Waals surface area (Å²) in [4.78, 5) is 28.9. The van der Waals surface area contributed by atoms with Crippen LogP contribution < -0.4 is 10.9 Å². The SMILES string of the molecule is Cc1cc(C)cc(-n2ccnc(SCC(=O)Nc3ccccc3C(F)(F)F)c2=O)c1. The number of carbonyl (C=O) groups excluding carboxylic acids is 1. The molecule has 0 aliphatic heterocycles. The van der Waals surface area contributed by atoms with E-state index in [1.165, 1.54) is 35.2 Å². The molecule has 0 saturated heterocycles. The summed E-state index contributed by atoms with van der Waals surface area (Å²) < 4.78 is 40.6. The highest BCUT2D eigenvalue weighted by atomic mass is 32.2. The first-order valence-electron chi connectivity index (χ1n) is 8.90. The largest absolute Gasteiger partial charge is 0.418 e. The number of aromatic nitrogens is 2. The first-order valence-corrected chi connectivity index (χ1v) is 9.89. The van der Waals surface area contributed by atoms with Gasteiger partial charge in [-0.3, -0.25) is 14.2 Å². The Bertz CT molecular complexity index is 1120. The fourth-order valence-electron chi connectivity index (χ4n) is 2.95. The van der Waals surface area contributed by atoms with E-state index in [-0.39, 0.29) is 16.5 Å². The maximum atomic E-state index is 13.1. The van der Waals surface area contributed by atoms with Crippen LogP contribution in [0.2, 0.25) is 0 Å². The van der Waals surface area contributed by atoms with E-state index in [0.717, 1.165) is 29.0 Å². The third-order valence-corrected chi connectivity index (χ3v) is 5.10. The smallest absolute Gasteiger partial charge is 0.325 e. The Morgan fingerprint density at radius 3 is 2.47 bits per heavy atom. The lowest BCUT2D eigenvalue weighted by Gasteiger charge is -2.13. The van der Waals surface area contributed by atoms with Gasteiger partial charge in [-0.25, -0.2) is 4.98 Å². The molecule has 5 nitrogen and oxygen atoms in total. The van der Waals surface area contributed by atoms with Crippen LogP contribution in [0.4, 0.5) is 18.9 Å². The lowest BCUT2D eigenvalue weighted by atomic mass is 10.1. The van der Waals surface area contributed by atoms with Gasteiger partial charge >= 0.3 is 6.18 Å². The number of para-hydroxylation sites is 1. The summed E-state index contributed by atoms with van der Waals surface area (Å²) in [5.74, 6) is -0.926. The van der Waals surface area contributed by atoms with Crippen molar-refractivity contribution in [1.82, 2.24) is 9.55 Å². The predicted octanol–water partition coefficient (Wildman–Crippen LogP) is 4.60.